The number of halogens is 4. The first-order valence-corrected chi connectivity index (χ1v) is 3.12. The van der Waals surface area contributed by atoms with Crippen LogP contribution < -0.4 is 0 Å². The maximum absolute atomic E-state index is 9.88. The molecule has 0 rings (SSSR count). The van der Waals surface area contributed by atoms with Crippen LogP contribution in [0.15, 0.2) is 0 Å². The van der Waals surface area contributed by atoms with Gasteiger partial charge in [-0.2, -0.15) is 0 Å². The van der Waals surface area contributed by atoms with Crippen LogP contribution in [-0.2, 0) is 18.7 Å². The van der Waals surface area contributed by atoms with Crippen LogP contribution in [0.3, 0.4) is 0 Å². The molecule has 0 bridgehead atoms. The van der Waals surface area contributed by atoms with Crippen molar-refractivity contribution < 1.29 is 47.5 Å². The van der Waals surface area contributed by atoms with Crippen LogP contribution in [-0.4, -0.2) is 16.4 Å². The molecule has 6 N–H and O–H groups in total. The van der Waals surface area contributed by atoms with Gasteiger partial charge in [-0.1, -0.05) is 0 Å². The van der Waals surface area contributed by atoms with Gasteiger partial charge in [-0.3, -0.25) is 0 Å². The summed E-state index contributed by atoms with van der Waals surface area (Å²) in [6, 6.07) is 0. The molecule has 0 amide bonds. The Morgan fingerprint density at radius 1 is 0.625 bits per heavy atom. The summed E-state index contributed by atoms with van der Waals surface area (Å²) in [5, 5.41) is 0. The molecule has 8 heavy (non-hydrogen) atoms. The summed E-state index contributed by atoms with van der Waals surface area (Å²) in [5.41, 5.74) is 0. The molecule has 0 radical (unpaired) electrons. The van der Waals surface area contributed by atoms with E-state index in [1.165, 1.54) is 0 Å². The Kier molecular flexibility index (Phi) is 21.8. The molecule has 0 spiro atoms. The molecule has 0 unspecified atom stereocenters. The van der Waals surface area contributed by atoms with Crippen molar-refractivity contribution in [2.24, 2.45) is 0 Å². The Hall–Kier alpha value is 0.314. The van der Waals surface area contributed by atoms with E-state index in [0.717, 1.165) is 0 Å². The molecule has 8 heteroatoms. The van der Waals surface area contributed by atoms with Crippen LogP contribution in [0.2, 0.25) is 0 Å². The third-order valence-electron chi connectivity index (χ3n) is 0. The first-order chi connectivity index (χ1) is 2.00. The summed E-state index contributed by atoms with van der Waals surface area (Å²) in [6.07, 6.45) is 0. The molecule has 0 aliphatic carbocycles. The van der Waals surface area contributed by atoms with E-state index in [4.69, 9.17) is 0 Å². The van der Waals surface area contributed by atoms with Gasteiger partial charge in [0.15, 0.2) is 0 Å². The number of hydrogen-bond acceptors (Lipinski definition) is 0. The van der Waals surface area contributed by atoms with Gasteiger partial charge >= 0.3 is 31.1 Å². The Balaban J connectivity index is -0.0000000267. The van der Waals surface area contributed by atoms with Crippen LogP contribution >= 0.6 is 0 Å². The topological polar surface area (TPSA) is 94.5 Å². The second-order valence-electron chi connectivity index (χ2n) is 0.429. The van der Waals surface area contributed by atoms with Crippen molar-refractivity contribution in [2.45, 2.75) is 0 Å². The molecule has 0 atom stereocenters. The molecule has 0 aromatic heterocycles. The van der Waals surface area contributed by atoms with Crippen molar-refractivity contribution in [3.63, 3.8) is 0 Å². The van der Waals surface area contributed by atoms with E-state index in [9.17, 15) is 12.4 Å². The average molecular weight is 178 g/mol. The fourth-order valence-corrected chi connectivity index (χ4v) is 0. The van der Waals surface area contributed by atoms with Crippen molar-refractivity contribution in [3.8, 4) is 0 Å². The predicted molar refractivity (Wildman–Crippen MR) is 15.3 cm³/mol. The summed E-state index contributed by atoms with van der Waals surface area (Å²) < 4.78 is 39.5. The van der Waals surface area contributed by atoms with E-state index in [1.807, 2.05) is 0 Å². The molecular formula is H6F4O3Ti. The first-order valence-electron chi connectivity index (χ1n) is 0.756. The van der Waals surface area contributed by atoms with Crippen LogP contribution in [0.1, 0.15) is 0 Å². The molecule has 0 aromatic rings. The fraction of sp³-hybridized carbons (Fsp3) is 0. The van der Waals surface area contributed by atoms with Crippen molar-refractivity contribution in [3.05, 3.63) is 0 Å². The SMILES string of the molecule is O.O.O.[F][Ti]([F])([F])[F]. The second-order valence-corrected chi connectivity index (χ2v) is 1.77. The van der Waals surface area contributed by atoms with Gasteiger partial charge < -0.3 is 16.4 Å². The first kappa shape index (κ1) is 23.9. The van der Waals surface area contributed by atoms with Gasteiger partial charge in [0.05, 0.1) is 0 Å². The summed E-state index contributed by atoms with van der Waals surface area (Å²) >= 11 is -7.00. The van der Waals surface area contributed by atoms with E-state index in [1.54, 1.807) is 0 Å². The third-order valence-corrected chi connectivity index (χ3v) is 0. The molecule has 0 aliphatic heterocycles. The van der Waals surface area contributed by atoms with E-state index >= 15 is 0 Å². The van der Waals surface area contributed by atoms with Gasteiger partial charge in [-0.15, -0.1) is 0 Å². The summed E-state index contributed by atoms with van der Waals surface area (Å²) in [5.74, 6) is 0. The summed E-state index contributed by atoms with van der Waals surface area (Å²) in [4.78, 5) is 0. The maximum atomic E-state index is 9.88. The molecule has 0 aliphatic rings. The summed E-state index contributed by atoms with van der Waals surface area (Å²) in [7, 11) is 0. The molecule has 0 aromatic carbocycles. The summed E-state index contributed by atoms with van der Waals surface area (Å²) in [6.45, 7) is 0. The molecule has 0 saturated heterocycles. The zero-order valence-corrected chi connectivity index (χ0v) is 5.07. The molecule has 0 heterocycles. The van der Waals surface area contributed by atoms with Gasteiger partial charge in [-0.05, 0) is 0 Å². The van der Waals surface area contributed by atoms with Crippen LogP contribution in [0.25, 0.3) is 0 Å². The van der Waals surface area contributed by atoms with E-state index in [-0.39, 0.29) is 16.4 Å². The van der Waals surface area contributed by atoms with E-state index in [0.29, 0.717) is 0 Å². The van der Waals surface area contributed by atoms with Gasteiger partial charge in [0.1, 0.15) is 0 Å². The number of hydrogen-bond donors (Lipinski definition) is 0. The standard InChI is InChI=1S/4FH.3H2O.Ti/h4*1H;3*1H2;/q;;;;;;;+4/p-4. The normalized spacial score (nSPS) is 7.50. The zero-order chi connectivity index (χ0) is 4.50. The van der Waals surface area contributed by atoms with Gasteiger partial charge in [0.2, 0.25) is 0 Å². The third kappa shape index (κ3) is 1810. The van der Waals surface area contributed by atoms with Crippen LogP contribution in [0.4, 0.5) is 12.4 Å². The van der Waals surface area contributed by atoms with Crippen molar-refractivity contribution in [1.29, 1.82) is 0 Å². The van der Waals surface area contributed by atoms with Crippen LogP contribution in [0, 0.1) is 0 Å². The molecule has 0 fully saturated rings. The molecule has 3 nitrogen and oxygen atoms in total. The second kappa shape index (κ2) is 7.31. The number of rotatable bonds is 0. The van der Waals surface area contributed by atoms with Gasteiger partial charge in [-0.25, -0.2) is 0 Å². The Morgan fingerprint density at radius 3 is 0.625 bits per heavy atom. The minimum absolute atomic E-state index is 0. The van der Waals surface area contributed by atoms with Gasteiger partial charge in [0, 0.05) is 0 Å². The zero-order valence-electron chi connectivity index (χ0n) is 3.51. The fourth-order valence-electron chi connectivity index (χ4n) is 0. The van der Waals surface area contributed by atoms with Crippen LogP contribution in [0.5, 0.6) is 0 Å². The van der Waals surface area contributed by atoms with Crippen molar-refractivity contribution >= 4 is 0 Å². The van der Waals surface area contributed by atoms with Crippen molar-refractivity contribution in [2.75, 3.05) is 0 Å². The van der Waals surface area contributed by atoms with E-state index < -0.39 is 18.7 Å². The van der Waals surface area contributed by atoms with E-state index in [2.05, 4.69) is 0 Å². The monoisotopic (exact) mass is 178 g/mol. The van der Waals surface area contributed by atoms with Crippen molar-refractivity contribution in [1.82, 2.24) is 0 Å². The molecule has 56 valence electrons. The quantitative estimate of drug-likeness (QED) is 0.343. The Bertz CT molecular complexity index is 26.8. The minimum atomic E-state index is -7.00. The Morgan fingerprint density at radius 2 is 0.625 bits per heavy atom. The predicted octanol–water partition coefficient (Wildman–Crippen LogP) is -0.796. The molecule has 0 saturated carbocycles. The average Bonchev–Trinajstić information content (AvgIpc) is 0.722. The molecular weight excluding hydrogens is 172 g/mol. The Labute approximate surface area is 48.3 Å². The van der Waals surface area contributed by atoms with Gasteiger partial charge in [0.25, 0.3) is 0 Å².